The molecule has 2 aromatic rings. The molecule has 0 saturated carbocycles. The topological polar surface area (TPSA) is 18.5 Å². The molecule has 0 N–H and O–H groups in total. The van der Waals surface area contributed by atoms with Gasteiger partial charge in [-0.05, 0) is 40.0 Å². The third-order valence-electron chi connectivity index (χ3n) is 2.79. The van der Waals surface area contributed by atoms with Crippen LogP contribution in [0.2, 0.25) is 0 Å². The van der Waals surface area contributed by atoms with Crippen LogP contribution in [0.15, 0.2) is 46.9 Å². The van der Waals surface area contributed by atoms with Crippen molar-refractivity contribution in [3.63, 3.8) is 0 Å². The predicted octanol–water partition coefficient (Wildman–Crippen LogP) is 4.49. The molecule has 2 aromatic carbocycles. The molecule has 0 amide bonds. The number of benzene rings is 2. The fraction of sp³-hybridized carbons (Fsp3) is 0.250. The minimum Gasteiger partial charge on any atom is -0.491 e. The van der Waals surface area contributed by atoms with Crippen LogP contribution in [0.25, 0.3) is 0 Å². The molecule has 0 aliphatic carbocycles. The molecule has 0 aliphatic heterocycles. The van der Waals surface area contributed by atoms with Crippen LogP contribution in [0.3, 0.4) is 0 Å². The van der Waals surface area contributed by atoms with E-state index in [1.165, 1.54) is 6.07 Å². The van der Waals surface area contributed by atoms with Gasteiger partial charge in [0.05, 0.1) is 17.7 Å². The molecule has 20 heavy (non-hydrogen) atoms. The first-order chi connectivity index (χ1) is 9.66. The van der Waals surface area contributed by atoms with Gasteiger partial charge < -0.3 is 9.47 Å². The molecule has 2 rings (SSSR count). The average Bonchev–Trinajstić information content (AvgIpc) is 2.45. The van der Waals surface area contributed by atoms with E-state index >= 15 is 0 Å². The fourth-order valence-corrected chi connectivity index (χ4v) is 1.99. The molecule has 0 aromatic heterocycles. The summed E-state index contributed by atoms with van der Waals surface area (Å²) in [6.45, 7) is 3.24. The van der Waals surface area contributed by atoms with Gasteiger partial charge in [0, 0.05) is 6.07 Å². The quantitative estimate of drug-likeness (QED) is 0.722. The molecule has 0 aliphatic rings. The Balaban J connectivity index is 1.74. The Bertz CT molecular complexity index is 535. The third kappa shape index (κ3) is 4.32. The van der Waals surface area contributed by atoms with Gasteiger partial charge in [-0.3, -0.25) is 0 Å². The van der Waals surface area contributed by atoms with Gasteiger partial charge in [-0.15, -0.1) is 0 Å². The summed E-state index contributed by atoms with van der Waals surface area (Å²) in [4.78, 5) is 0. The molecular weight excluding hydrogens is 323 g/mol. The second kappa shape index (κ2) is 7.41. The highest BCUT2D eigenvalue weighted by Gasteiger charge is 2.05. The van der Waals surface area contributed by atoms with Crippen molar-refractivity contribution in [2.75, 3.05) is 13.2 Å². The van der Waals surface area contributed by atoms with Gasteiger partial charge in [0.1, 0.15) is 18.2 Å². The van der Waals surface area contributed by atoms with Gasteiger partial charge >= 0.3 is 0 Å². The first kappa shape index (κ1) is 15.0. The van der Waals surface area contributed by atoms with Crippen LogP contribution in [-0.2, 0) is 11.3 Å². The van der Waals surface area contributed by atoms with Crippen molar-refractivity contribution in [1.82, 2.24) is 0 Å². The molecule has 0 heterocycles. The van der Waals surface area contributed by atoms with E-state index in [9.17, 15) is 4.39 Å². The zero-order valence-corrected chi connectivity index (χ0v) is 12.8. The van der Waals surface area contributed by atoms with E-state index in [0.29, 0.717) is 30.0 Å². The first-order valence-electron chi connectivity index (χ1n) is 6.37. The Morgan fingerprint density at radius 2 is 1.85 bits per heavy atom. The molecule has 4 heteroatoms. The van der Waals surface area contributed by atoms with E-state index in [-0.39, 0.29) is 5.82 Å². The Morgan fingerprint density at radius 3 is 2.55 bits per heavy atom. The Kier molecular flexibility index (Phi) is 5.56. The lowest BCUT2D eigenvalue weighted by Crippen LogP contribution is -2.07. The van der Waals surface area contributed by atoms with Gasteiger partial charge in [-0.25, -0.2) is 4.39 Å². The highest BCUT2D eigenvalue weighted by atomic mass is 79.9. The van der Waals surface area contributed by atoms with Crippen molar-refractivity contribution in [2.45, 2.75) is 13.5 Å². The molecule has 2 nitrogen and oxygen atoms in total. The van der Waals surface area contributed by atoms with E-state index in [2.05, 4.69) is 15.9 Å². The van der Waals surface area contributed by atoms with Gasteiger partial charge in [0.15, 0.2) is 0 Å². The standard InChI is InChI=1S/C16H16BrFO2/c1-12-9-14(10-15(18)16(12)17)20-8-7-19-11-13-5-3-2-4-6-13/h2-6,9-10H,7-8,11H2,1H3. The van der Waals surface area contributed by atoms with Crippen molar-refractivity contribution in [3.8, 4) is 5.75 Å². The Morgan fingerprint density at radius 1 is 1.10 bits per heavy atom. The van der Waals surface area contributed by atoms with Crippen LogP contribution >= 0.6 is 15.9 Å². The van der Waals surface area contributed by atoms with Crippen molar-refractivity contribution >= 4 is 15.9 Å². The molecule has 0 radical (unpaired) electrons. The van der Waals surface area contributed by atoms with Crippen LogP contribution in [-0.4, -0.2) is 13.2 Å². The summed E-state index contributed by atoms with van der Waals surface area (Å²) in [5.41, 5.74) is 1.93. The van der Waals surface area contributed by atoms with Crippen molar-refractivity contribution in [2.24, 2.45) is 0 Å². The molecule has 0 spiro atoms. The fourth-order valence-electron chi connectivity index (χ4n) is 1.76. The maximum Gasteiger partial charge on any atom is 0.141 e. The van der Waals surface area contributed by atoms with E-state index in [1.54, 1.807) is 6.07 Å². The van der Waals surface area contributed by atoms with Gasteiger partial charge in [0.2, 0.25) is 0 Å². The highest BCUT2D eigenvalue weighted by molar-refractivity contribution is 9.10. The highest BCUT2D eigenvalue weighted by Crippen LogP contribution is 2.25. The number of aryl methyl sites for hydroxylation is 1. The molecular formula is C16H16BrFO2. The lowest BCUT2D eigenvalue weighted by molar-refractivity contribution is 0.0888. The minimum absolute atomic E-state index is 0.315. The SMILES string of the molecule is Cc1cc(OCCOCc2ccccc2)cc(F)c1Br. The molecule has 0 atom stereocenters. The summed E-state index contributed by atoms with van der Waals surface area (Å²) in [6, 6.07) is 13.1. The molecule has 0 fully saturated rings. The summed E-state index contributed by atoms with van der Waals surface area (Å²) in [7, 11) is 0. The van der Waals surface area contributed by atoms with Crippen molar-refractivity contribution < 1.29 is 13.9 Å². The van der Waals surface area contributed by atoms with Crippen LogP contribution in [0.5, 0.6) is 5.75 Å². The van der Waals surface area contributed by atoms with Crippen LogP contribution in [0, 0.1) is 12.7 Å². The van der Waals surface area contributed by atoms with Crippen molar-refractivity contribution in [3.05, 3.63) is 63.9 Å². The van der Waals surface area contributed by atoms with E-state index in [4.69, 9.17) is 9.47 Å². The zero-order chi connectivity index (χ0) is 14.4. The summed E-state index contributed by atoms with van der Waals surface area (Å²) in [5, 5.41) is 0. The largest absolute Gasteiger partial charge is 0.491 e. The number of rotatable bonds is 6. The van der Waals surface area contributed by atoms with E-state index in [1.807, 2.05) is 37.3 Å². The second-order valence-electron chi connectivity index (χ2n) is 4.42. The summed E-state index contributed by atoms with van der Waals surface area (Å²) < 4.78 is 24.9. The normalized spacial score (nSPS) is 10.6. The smallest absolute Gasteiger partial charge is 0.141 e. The van der Waals surface area contributed by atoms with E-state index in [0.717, 1.165) is 11.1 Å². The summed E-state index contributed by atoms with van der Waals surface area (Å²) >= 11 is 3.18. The van der Waals surface area contributed by atoms with Crippen LogP contribution in [0.1, 0.15) is 11.1 Å². The van der Waals surface area contributed by atoms with Crippen LogP contribution in [0.4, 0.5) is 4.39 Å². The average molecular weight is 339 g/mol. The first-order valence-corrected chi connectivity index (χ1v) is 7.16. The maximum atomic E-state index is 13.5. The van der Waals surface area contributed by atoms with Crippen molar-refractivity contribution in [1.29, 1.82) is 0 Å². The lowest BCUT2D eigenvalue weighted by atomic mass is 10.2. The Hall–Kier alpha value is -1.39. The second-order valence-corrected chi connectivity index (χ2v) is 5.22. The maximum absolute atomic E-state index is 13.5. The molecule has 0 bridgehead atoms. The molecule has 0 saturated heterocycles. The van der Waals surface area contributed by atoms with Gasteiger partial charge in [-0.2, -0.15) is 0 Å². The third-order valence-corrected chi connectivity index (χ3v) is 3.80. The monoisotopic (exact) mass is 338 g/mol. The lowest BCUT2D eigenvalue weighted by Gasteiger charge is -2.09. The van der Waals surface area contributed by atoms with Crippen LogP contribution < -0.4 is 4.74 Å². The number of ether oxygens (including phenoxy) is 2. The summed E-state index contributed by atoms with van der Waals surface area (Å²) in [5.74, 6) is 0.205. The number of hydrogen-bond donors (Lipinski definition) is 0. The van der Waals surface area contributed by atoms with Gasteiger partial charge in [-0.1, -0.05) is 30.3 Å². The molecule has 0 unspecified atom stereocenters. The predicted molar refractivity (Wildman–Crippen MR) is 80.4 cm³/mol. The zero-order valence-electron chi connectivity index (χ0n) is 11.2. The minimum atomic E-state index is -0.315. The molecule has 106 valence electrons. The van der Waals surface area contributed by atoms with Gasteiger partial charge in [0.25, 0.3) is 0 Å². The number of halogens is 2. The Labute approximate surface area is 126 Å². The number of hydrogen-bond acceptors (Lipinski definition) is 2. The summed E-state index contributed by atoms with van der Waals surface area (Å²) in [6.07, 6.45) is 0. The van der Waals surface area contributed by atoms with E-state index < -0.39 is 0 Å².